The molecule has 4 aromatic rings. The molecule has 28 heavy (non-hydrogen) atoms. The van der Waals surface area contributed by atoms with Crippen LogP contribution in [-0.4, -0.2) is 21.5 Å². The zero-order valence-corrected chi connectivity index (χ0v) is 15.5. The maximum Gasteiger partial charge on any atom is 0.228 e. The number of fused-ring (bicyclic) bond motifs is 2. The molecule has 0 fully saturated rings. The molecule has 5 rings (SSSR count). The van der Waals surface area contributed by atoms with E-state index in [2.05, 4.69) is 51.6 Å². The first-order chi connectivity index (χ1) is 13.9. The Morgan fingerprint density at radius 2 is 1.75 bits per heavy atom. The van der Waals surface area contributed by atoms with Crippen molar-refractivity contribution in [2.75, 3.05) is 16.8 Å². The molecule has 5 heteroatoms. The zero-order valence-electron chi connectivity index (χ0n) is 15.5. The Hall–Kier alpha value is -3.47. The molecule has 0 radical (unpaired) electrons. The van der Waals surface area contributed by atoms with Crippen LogP contribution >= 0.6 is 0 Å². The average Bonchev–Trinajstić information content (AvgIpc) is 2.77. The van der Waals surface area contributed by atoms with Crippen LogP contribution in [0.15, 0.2) is 72.9 Å². The highest BCUT2D eigenvalue weighted by molar-refractivity contribution is 5.90. The Morgan fingerprint density at radius 1 is 0.893 bits per heavy atom. The Labute approximate surface area is 164 Å². The third-order valence-corrected chi connectivity index (χ3v) is 5.14. The van der Waals surface area contributed by atoms with Gasteiger partial charge in [-0.1, -0.05) is 48.5 Å². The number of nitrogens with zero attached hydrogens (tertiary/aromatic N) is 4. The van der Waals surface area contributed by atoms with Crippen LogP contribution in [0.5, 0.6) is 0 Å². The van der Waals surface area contributed by atoms with Crippen molar-refractivity contribution in [3.05, 3.63) is 89.7 Å². The van der Waals surface area contributed by atoms with Gasteiger partial charge in [0.1, 0.15) is 5.82 Å². The second-order valence-corrected chi connectivity index (χ2v) is 7.01. The van der Waals surface area contributed by atoms with Crippen molar-refractivity contribution in [3.63, 3.8) is 0 Å². The van der Waals surface area contributed by atoms with E-state index in [1.807, 2.05) is 36.5 Å². The molecule has 0 spiro atoms. The van der Waals surface area contributed by atoms with E-state index in [1.54, 1.807) is 0 Å². The van der Waals surface area contributed by atoms with E-state index in [0.717, 1.165) is 48.7 Å². The summed E-state index contributed by atoms with van der Waals surface area (Å²) >= 11 is 0. The van der Waals surface area contributed by atoms with Crippen molar-refractivity contribution < 1.29 is 0 Å². The summed E-state index contributed by atoms with van der Waals surface area (Å²) in [7, 11) is 0. The molecule has 1 aliphatic heterocycles. The molecule has 2 aromatic heterocycles. The van der Waals surface area contributed by atoms with Crippen molar-refractivity contribution in [1.29, 1.82) is 0 Å². The number of anilines is 2. The molecule has 1 N–H and O–H groups in total. The largest absolute Gasteiger partial charge is 0.365 e. The number of hydrogen-bond donors (Lipinski definition) is 1. The summed E-state index contributed by atoms with van der Waals surface area (Å²) in [4.78, 5) is 16.5. The Morgan fingerprint density at radius 3 is 2.68 bits per heavy atom. The summed E-state index contributed by atoms with van der Waals surface area (Å²) in [6, 6.07) is 22.7. The summed E-state index contributed by atoms with van der Waals surface area (Å²) in [5.74, 6) is 1.64. The molecule has 0 saturated carbocycles. The number of nitrogens with one attached hydrogen (secondary N) is 1. The number of pyridine rings is 1. The van der Waals surface area contributed by atoms with E-state index < -0.39 is 0 Å². The minimum atomic E-state index is 0.730. The smallest absolute Gasteiger partial charge is 0.228 e. The van der Waals surface area contributed by atoms with Gasteiger partial charge in [0.25, 0.3) is 0 Å². The van der Waals surface area contributed by atoms with E-state index in [0.29, 0.717) is 0 Å². The van der Waals surface area contributed by atoms with Gasteiger partial charge in [0.15, 0.2) is 0 Å². The van der Waals surface area contributed by atoms with Gasteiger partial charge in [-0.3, -0.25) is 4.98 Å². The molecule has 0 atom stereocenters. The molecule has 1 aliphatic rings. The Bertz CT molecular complexity index is 1110. The normalized spacial score (nSPS) is 13.4. The van der Waals surface area contributed by atoms with Crippen LogP contribution in [0.4, 0.5) is 11.8 Å². The van der Waals surface area contributed by atoms with Crippen molar-refractivity contribution >= 4 is 22.7 Å². The highest BCUT2D eigenvalue weighted by atomic mass is 15.3. The van der Waals surface area contributed by atoms with Crippen molar-refractivity contribution in [2.24, 2.45) is 0 Å². The maximum absolute atomic E-state index is 4.90. The van der Waals surface area contributed by atoms with Gasteiger partial charge < -0.3 is 10.2 Å². The quantitative estimate of drug-likeness (QED) is 0.586. The van der Waals surface area contributed by atoms with Crippen molar-refractivity contribution in [1.82, 2.24) is 15.0 Å². The van der Waals surface area contributed by atoms with Gasteiger partial charge in [0.2, 0.25) is 5.95 Å². The summed E-state index contributed by atoms with van der Waals surface area (Å²) in [5.41, 5.74) is 4.62. The summed E-state index contributed by atoms with van der Waals surface area (Å²) in [6.07, 6.45) is 2.78. The summed E-state index contributed by atoms with van der Waals surface area (Å²) < 4.78 is 0. The van der Waals surface area contributed by atoms with Crippen LogP contribution in [0.3, 0.4) is 0 Å². The number of hydrogen-bond acceptors (Lipinski definition) is 5. The molecule has 0 amide bonds. The molecule has 3 heterocycles. The van der Waals surface area contributed by atoms with E-state index >= 15 is 0 Å². The fourth-order valence-electron chi connectivity index (χ4n) is 3.66. The van der Waals surface area contributed by atoms with Crippen LogP contribution in [0.2, 0.25) is 0 Å². The van der Waals surface area contributed by atoms with Crippen molar-refractivity contribution in [3.8, 4) is 0 Å². The first kappa shape index (κ1) is 16.7. The molecular formula is C23H21N5. The van der Waals surface area contributed by atoms with Gasteiger partial charge in [-0.2, -0.15) is 4.98 Å². The fraction of sp³-hybridized carbons (Fsp3) is 0.174. The second-order valence-electron chi connectivity index (χ2n) is 7.01. The monoisotopic (exact) mass is 367 g/mol. The minimum absolute atomic E-state index is 0.730. The number of rotatable bonds is 4. The van der Waals surface area contributed by atoms with Crippen LogP contribution in [-0.2, 0) is 19.5 Å². The van der Waals surface area contributed by atoms with Gasteiger partial charge in [-0.25, -0.2) is 4.98 Å². The third-order valence-electron chi connectivity index (χ3n) is 5.14. The molecule has 2 aromatic carbocycles. The lowest BCUT2D eigenvalue weighted by Gasteiger charge is -2.28. The lowest BCUT2D eigenvalue weighted by atomic mass is 10.1. The van der Waals surface area contributed by atoms with Crippen LogP contribution in [0.1, 0.15) is 16.8 Å². The lowest BCUT2D eigenvalue weighted by Crippen LogP contribution is -2.32. The SMILES string of the molecule is c1ccc(CNc2nc(N3CCc4ncccc4C3)nc3ccccc23)cc1. The summed E-state index contributed by atoms with van der Waals surface area (Å²) in [5, 5.41) is 4.56. The fourth-order valence-corrected chi connectivity index (χ4v) is 3.66. The van der Waals surface area contributed by atoms with Gasteiger partial charge in [0.05, 0.1) is 5.52 Å². The maximum atomic E-state index is 4.90. The highest BCUT2D eigenvalue weighted by Gasteiger charge is 2.20. The number of para-hydroxylation sites is 1. The van der Waals surface area contributed by atoms with Crippen LogP contribution < -0.4 is 10.2 Å². The van der Waals surface area contributed by atoms with E-state index in [1.165, 1.54) is 16.8 Å². The van der Waals surface area contributed by atoms with Crippen LogP contribution in [0, 0.1) is 0 Å². The molecule has 0 saturated heterocycles. The second kappa shape index (κ2) is 7.27. The topological polar surface area (TPSA) is 53.9 Å². The van der Waals surface area contributed by atoms with Gasteiger partial charge in [-0.15, -0.1) is 0 Å². The molecule has 0 bridgehead atoms. The third kappa shape index (κ3) is 3.27. The van der Waals surface area contributed by atoms with Gasteiger partial charge in [-0.05, 0) is 29.3 Å². The average molecular weight is 367 g/mol. The Kier molecular flexibility index (Phi) is 4.33. The molecular weight excluding hydrogens is 346 g/mol. The predicted octanol–water partition coefficient (Wildman–Crippen LogP) is 4.20. The van der Waals surface area contributed by atoms with E-state index in [9.17, 15) is 0 Å². The first-order valence-corrected chi connectivity index (χ1v) is 9.59. The first-order valence-electron chi connectivity index (χ1n) is 9.59. The standard InChI is InChI=1S/C23H21N5/c1-2-7-17(8-3-1)15-25-22-19-10-4-5-11-21(19)26-23(27-22)28-14-12-20-18(16-28)9-6-13-24-20/h1-11,13H,12,14-16H2,(H,25,26,27). The number of aromatic nitrogens is 3. The summed E-state index contributed by atoms with van der Waals surface area (Å²) in [6.45, 7) is 2.40. The van der Waals surface area contributed by atoms with Gasteiger partial charge in [0, 0.05) is 43.3 Å². The zero-order chi connectivity index (χ0) is 18.8. The number of benzene rings is 2. The Balaban J connectivity index is 1.48. The predicted molar refractivity (Wildman–Crippen MR) is 112 cm³/mol. The van der Waals surface area contributed by atoms with Gasteiger partial charge >= 0.3 is 0 Å². The van der Waals surface area contributed by atoms with Crippen molar-refractivity contribution in [2.45, 2.75) is 19.5 Å². The molecule has 0 unspecified atom stereocenters. The lowest BCUT2D eigenvalue weighted by molar-refractivity contribution is 0.693. The molecule has 0 aliphatic carbocycles. The minimum Gasteiger partial charge on any atom is -0.365 e. The van der Waals surface area contributed by atoms with E-state index in [-0.39, 0.29) is 0 Å². The molecule has 138 valence electrons. The highest BCUT2D eigenvalue weighted by Crippen LogP contribution is 2.27. The van der Waals surface area contributed by atoms with Crippen LogP contribution in [0.25, 0.3) is 10.9 Å². The molecule has 5 nitrogen and oxygen atoms in total. The van der Waals surface area contributed by atoms with E-state index in [4.69, 9.17) is 9.97 Å².